The van der Waals surface area contributed by atoms with E-state index in [0.717, 1.165) is 11.3 Å². The monoisotopic (exact) mass is 395 g/mol. The zero-order valence-electron chi connectivity index (χ0n) is 13.8. The summed E-state index contributed by atoms with van der Waals surface area (Å²) in [7, 11) is 0. The third-order valence-electron chi connectivity index (χ3n) is 3.81. The molecule has 0 aromatic carbocycles. The number of carbonyl (C=O) groups excluding carboxylic acids is 1. The Morgan fingerprint density at radius 1 is 1.30 bits per heavy atom. The van der Waals surface area contributed by atoms with Crippen LogP contribution in [0.4, 0.5) is 5.82 Å². The van der Waals surface area contributed by atoms with Crippen molar-refractivity contribution in [1.29, 1.82) is 0 Å². The van der Waals surface area contributed by atoms with Crippen molar-refractivity contribution in [2.45, 2.75) is 24.4 Å². The number of H-pyrrole nitrogens is 1. The predicted octanol–water partition coefficient (Wildman–Crippen LogP) is -1.67. The van der Waals surface area contributed by atoms with Crippen LogP contribution in [0.25, 0.3) is 11.2 Å². The highest BCUT2D eigenvalue weighted by Gasteiger charge is 2.44. The smallest absolute Gasteiger partial charge is 0.268 e. The number of nitrogens with one attached hydrogen (secondary N) is 1. The van der Waals surface area contributed by atoms with Gasteiger partial charge in [0.25, 0.3) is 5.91 Å². The number of carbonyl (C=O) groups is 1. The Hall–Kier alpha value is -2.71. The van der Waals surface area contributed by atoms with Crippen LogP contribution in [0.5, 0.6) is 0 Å². The lowest BCUT2D eigenvalue weighted by Crippen LogP contribution is -2.32. The van der Waals surface area contributed by atoms with Crippen LogP contribution >= 0.6 is 11.3 Å². The number of anilines is 1. The van der Waals surface area contributed by atoms with Crippen LogP contribution in [0, 0.1) is 0 Å². The van der Waals surface area contributed by atoms with Gasteiger partial charge in [0.1, 0.15) is 47.0 Å². The van der Waals surface area contributed by atoms with Gasteiger partial charge in [0.15, 0.2) is 11.5 Å². The standard InChI is InChI=1S/C9H12N2O5S.C5H5N5/c10-8(15)3-2-17-9(11-3)7-6(14)5(13)4(1-12)16-7;6-4-3-5(9-1-7-3)10-2-8-4/h2,4-7,12-14H,1H2,(H2,10,15);1-2H,(H3,6,7,8,9,10)/t4-,5-,6-,7-;/m1./s1. The molecule has 1 fully saturated rings. The molecule has 4 atom stereocenters. The van der Waals surface area contributed by atoms with E-state index in [1.54, 1.807) is 0 Å². The molecule has 1 saturated heterocycles. The van der Waals surface area contributed by atoms with E-state index in [1.807, 2.05) is 0 Å². The number of imidazole rings is 1. The van der Waals surface area contributed by atoms with Crippen molar-refractivity contribution in [3.8, 4) is 0 Å². The number of primary amides is 1. The van der Waals surface area contributed by atoms with E-state index >= 15 is 0 Å². The maximum Gasteiger partial charge on any atom is 0.268 e. The molecular formula is C14H17N7O5S. The topological polar surface area (TPSA) is 206 Å². The van der Waals surface area contributed by atoms with Crippen molar-refractivity contribution in [3.63, 3.8) is 0 Å². The predicted molar refractivity (Wildman–Crippen MR) is 93.4 cm³/mol. The quantitative estimate of drug-likeness (QED) is 0.297. The normalized spacial score (nSPS) is 24.6. The summed E-state index contributed by atoms with van der Waals surface area (Å²) in [6.45, 7) is -0.400. The van der Waals surface area contributed by atoms with Crippen molar-refractivity contribution in [3.05, 3.63) is 28.7 Å². The largest absolute Gasteiger partial charge is 0.394 e. The first kappa shape index (κ1) is 19.1. The molecule has 13 heteroatoms. The van der Waals surface area contributed by atoms with Crippen LogP contribution in [0.1, 0.15) is 21.6 Å². The number of fused-ring (bicyclic) bond motifs is 1. The number of amides is 1. The Morgan fingerprint density at radius 3 is 2.67 bits per heavy atom. The fraction of sp³-hybridized carbons (Fsp3) is 0.357. The van der Waals surface area contributed by atoms with E-state index < -0.39 is 36.9 Å². The second-order valence-corrected chi connectivity index (χ2v) is 6.44. The van der Waals surface area contributed by atoms with Gasteiger partial charge in [-0.1, -0.05) is 0 Å². The number of thiazole rings is 1. The van der Waals surface area contributed by atoms with Gasteiger partial charge in [-0.25, -0.2) is 19.9 Å². The van der Waals surface area contributed by atoms with Crippen LogP contribution < -0.4 is 11.5 Å². The van der Waals surface area contributed by atoms with Crippen LogP contribution in [-0.2, 0) is 4.74 Å². The number of hydrogen-bond donors (Lipinski definition) is 6. The lowest BCUT2D eigenvalue weighted by Gasteiger charge is -2.11. The summed E-state index contributed by atoms with van der Waals surface area (Å²) >= 11 is 1.10. The van der Waals surface area contributed by atoms with Crippen LogP contribution in [0.15, 0.2) is 18.0 Å². The average Bonchev–Trinajstić information content (AvgIpc) is 3.37. The number of nitrogen functional groups attached to an aromatic ring is 1. The molecule has 1 amide bonds. The summed E-state index contributed by atoms with van der Waals surface area (Å²) in [5, 5.41) is 30.0. The van der Waals surface area contributed by atoms with E-state index in [-0.39, 0.29) is 5.69 Å². The highest BCUT2D eigenvalue weighted by Crippen LogP contribution is 2.34. The van der Waals surface area contributed by atoms with E-state index in [1.165, 1.54) is 18.0 Å². The number of nitrogens with two attached hydrogens (primary N) is 2. The number of hydrogen-bond acceptors (Lipinski definition) is 11. The van der Waals surface area contributed by atoms with Crippen molar-refractivity contribution in [1.82, 2.24) is 24.9 Å². The van der Waals surface area contributed by atoms with Crippen molar-refractivity contribution < 1.29 is 24.9 Å². The average molecular weight is 395 g/mol. The van der Waals surface area contributed by atoms with Crippen molar-refractivity contribution >= 4 is 34.2 Å². The van der Waals surface area contributed by atoms with E-state index in [9.17, 15) is 15.0 Å². The van der Waals surface area contributed by atoms with Crippen LogP contribution in [0.2, 0.25) is 0 Å². The molecule has 0 bridgehead atoms. The first-order chi connectivity index (χ1) is 12.9. The van der Waals surface area contributed by atoms with Crippen LogP contribution in [0.3, 0.4) is 0 Å². The summed E-state index contributed by atoms with van der Waals surface area (Å²) in [5.74, 6) is -0.259. The second-order valence-electron chi connectivity index (χ2n) is 5.55. The van der Waals surface area contributed by atoms with E-state index in [2.05, 4.69) is 24.9 Å². The molecule has 0 saturated carbocycles. The lowest BCUT2D eigenvalue weighted by molar-refractivity contribution is -0.0228. The van der Waals surface area contributed by atoms with Gasteiger partial charge in [-0.3, -0.25) is 4.79 Å². The lowest BCUT2D eigenvalue weighted by atomic mass is 10.1. The highest BCUT2D eigenvalue weighted by molar-refractivity contribution is 7.09. The summed E-state index contributed by atoms with van der Waals surface area (Å²) in [6, 6.07) is 0. The first-order valence-corrected chi connectivity index (χ1v) is 8.57. The fourth-order valence-electron chi connectivity index (χ4n) is 2.42. The number of rotatable bonds is 3. The second kappa shape index (κ2) is 7.89. The maximum absolute atomic E-state index is 10.9. The summed E-state index contributed by atoms with van der Waals surface area (Å²) in [5.41, 5.74) is 11.9. The fourth-order valence-corrected chi connectivity index (χ4v) is 3.30. The molecule has 1 aliphatic heterocycles. The minimum absolute atomic E-state index is 0.0859. The molecule has 8 N–H and O–H groups in total. The van der Waals surface area contributed by atoms with Gasteiger partial charge in [-0.05, 0) is 0 Å². The molecule has 4 heterocycles. The van der Waals surface area contributed by atoms with Gasteiger partial charge in [0.2, 0.25) is 0 Å². The molecule has 0 spiro atoms. The van der Waals surface area contributed by atoms with Crippen molar-refractivity contribution in [2.24, 2.45) is 5.73 Å². The molecular weight excluding hydrogens is 378 g/mol. The summed E-state index contributed by atoms with van der Waals surface area (Å²) in [4.78, 5) is 29.2. The molecule has 12 nitrogen and oxygen atoms in total. The first-order valence-electron chi connectivity index (χ1n) is 7.69. The molecule has 144 valence electrons. The van der Waals surface area contributed by atoms with E-state index in [4.69, 9.17) is 21.3 Å². The van der Waals surface area contributed by atoms with Crippen LogP contribution in [-0.4, -0.2) is 71.1 Å². The van der Waals surface area contributed by atoms with Gasteiger partial charge in [0, 0.05) is 5.38 Å². The SMILES string of the molecule is NC(=O)c1csc([C@@H]2O[C@H](CO)[C@@H](O)[C@H]2O)n1.Nc1ncnc2[nH]cnc12. The number of aromatic amines is 1. The van der Waals surface area contributed by atoms with Gasteiger partial charge < -0.3 is 36.5 Å². The number of aliphatic hydroxyl groups is 3. The van der Waals surface area contributed by atoms with Gasteiger partial charge in [0.05, 0.1) is 12.9 Å². The Morgan fingerprint density at radius 2 is 2.07 bits per heavy atom. The number of aromatic nitrogens is 5. The highest BCUT2D eigenvalue weighted by atomic mass is 32.1. The molecule has 0 aliphatic carbocycles. The molecule has 27 heavy (non-hydrogen) atoms. The molecule has 0 radical (unpaired) electrons. The third kappa shape index (κ3) is 3.86. The van der Waals surface area contributed by atoms with Gasteiger partial charge in [-0.15, -0.1) is 11.3 Å². The number of nitrogens with zero attached hydrogens (tertiary/aromatic N) is 4. The third-order valence-corrected chi connectivity index (χ3v) is 4.71. The number of ether oxygens (including phenoxy) is 1. The zero-order valence-corrected chi connectivity index (χ0v) is 14.6. The Labute approximate surface area is 155 Å². The molecule has 0 unspecified atom stereocenters. The zero-order chi connectivity index (χ0) is 19.6. The van der Waals surface area contributed by atoms with Gasteiger partial charge >= 0.3 is 0 Å². The Kier molecular flexibility index (Phi) is 5.57. The Bertz CT molecular complexity index is 931. The van der Waals surface area contributed by atoms with E-state index in [0.29, 0.717) is 22.0 Å². The summed E-state index contributed by atoms with van der Waals surface area (Å²) in [6.07, 6.45) is -1.12. The maximum atomic E-state index is 10.9. The van der Waals surface area contributed by atoms with Crippen molar-refractivity contribution in [2.75, 3.05) is 12.3 Å². The molecule has 3 aromatic rings. The molecule has 1 aliphatic rings. The summed E-state index contributed by atoms with van der Waals surface area (Å²) < 4.78 is 5.26. The number of aliphatic hydroxyl groups excluding tert-OH is 3. The Balaban J connectivity index is 0.000000177. The van der Waals surface area contributed by atoms with Gasteiger partial charge in [-0.2, -0.15) is 0 Å². The minimum atomic E-state index is -1.18. The minimum Gasteiger partial charge on any atom is -0.394 e. The molecule has 4 rings (SSSR count). The molecule has 3 aromatic heterocycles.